The molecule has 5 nitrogen and oxygen atoms in total. The van der Waals surface area contributed by atoms with Gasteiger partial charge in [-0.1, -0.05) is 6.07 Å². The third kappa shape index (κ3) is 4.18. The van der Waals surface area contributed by atoms with Gasteiger partial charge in [0.2, 0.25) is 0 Å². The van der Waals surface area contributed by atoms with E-state index in [0.717, 1.165) is 0 Å². The summed E-state index contributed by atoms with van der Waals surface area (Å²) in [7, 11) is 0. The average molecular weight is 293 g/mol. The van der Waals surface area contributed by atoms with Crippen molar-refractivity contribution in [1.29, 1.82) is 0 Å². The SMILES string of the molecule is C1=C[NH][In]=[CH]1.O=[N+]([O-])c1ccccn1. The van der Waals surface area contributed by atoms with Gasteiger partial charge in [0.25, 0.3) is 0 Å². The second-order valence-corrected chi connectivity index (χ2v) is 5.33. The Morgan fingerprint density at radius 3 is 2.64 bits per heavy atom. The number of allylic oxidation sites excluding steroid dienone is 1. The molecule has 0 bridgehead atoms. The monoisotopic (exact) mass is 293 g/mol. The van der Waals surface area contributed by atoms with Gasteiger partial charge >= 0.3 is 47.9 Å². The zero-order valence-corrected chi connectivity index (χ0v) is 10.6. The summed E-state index contributed by atoms with van der Waals surface area (Å²) < 4.78 is 5.44. The molecule has 0 saturated heterocycles. The van der Waals surface area contributed by atoms with Crippen LogP contribution in [0.15, 0.2) is 36.7 Å². The van der Waals surface area contributed by atoms with Gasteiger partial charge in [-0.15, -0.1) is 0 Å². The summed E-state index contributed by atoms with van der Waals surface area (Å²) in [5.74, 6) is -0.113. The molecule has 0 atom stereocenters. The summed E-state index contributed by atoms with van der Waals surface area (Å²) in [6, 6.07) is 4.55. The number of aromatic nitrogens is 1. The molecular formula is C8H8InN3O2. The zero-order valence-electron chi connectivity index (χ0n) is 7.33. The molecule has 1 aromatic rings. The Balaban J connectivity index is 0.000000165. The summed E-state index contributed by atoms with van der Waals surface area (Å²) in [6.07, 6.45) is 5.49. The van der Waals surface area contributed by atoms with Crippen LogP contribution in [-0.4, -0.2) is 36.4 Å². The van der Waals surface area contributed by atoms with E-state index in [1.165, 1.54) is 12.3 Å². The van der Waals surface area contributed by atoms with Gasteiger partial charge in [-0.3, -0.25) is 0 Å². The zero-order chi connectivity index (χ0) is 10.2. The maximum atomic E-state index is 9.94. The summed E-state index contributed by atoms with van der Waals surface area (Å²) >= 11 is -0.295. The Labute approximate surface area is 92.2 Å². The van der Waals surface area contributed by atoms with Crippen molar-refractivity contribution in [3.05, 3.63) is 46.8 Å². The topological polar surface area (TPSA) is 68.1 Å². The van der Waals surface area contributed by atoms with E-state index >= 15 is 0 Å². The first-order valence-corrected chi connectivity index (χ1v) is 7.49. The van der Waals surface area contributed by atoms with Gasteiger partial charge in [0.1, 0.15) is 6.20 Å². The molecule has 0 amide bonds. The van der Waals surface area contributed by atoms with Crippen LogP contribution in [0.3, 0.4) is 0 Å². The van der Waals surface area contributed by atoms with Crippen LogP contribution in [-0.2, 0) is 0 Å². The van der Waals surface area contributed by atoms with E-state index in [2.05, 4.69) is 18.1 Å². The minimum absolute atomic E-state index is 0.113. The Morgan fingerprint density at radius 1 is 1.50 bits per heavy atom. The van der Waals surface area contributed by atoms with Gasteiger partial charge in [-0.2, -0.15) is 0 Å². The fourth-order valence-electron chi connectivity index (χ4n) is 0.740. The normalized spacial score (nSPS) is 10.9. The van der Waals surface area contributed by atoms with Gasteiger partial charge in [-0.25, -0.2) is 0 Å². The molecule has 0 radical (unpaired) electrons. The molecule has 1 aliphatic rings. The second-order valence-electron chi connectivity index (χ2n) is 2.33. The number of nitrogens with zero attached hydrogens (tertiary/aromatic N) is 2. The minimum Gasteiger partial charge on any atom is -0.358 e. The van der Waals surface area contributed by atoms with Crippen molar-refractivity contribution < 1.29 is 4.92 Å². The maximum Gasteiger partial charge on any atom is 0.363 e. The molecule has 70 valence electrons. The van der Waals surface area contributed by atoms with Gasteiger partial charge in [0.05, 0.1) is 0 Å². The Bertz CT molecular complexity index is 341. The Kier molecular flexibility index (Phi) is 4.92. The third-order valence-corrected chi connectivity index (χ3v) is 3.61. The molecular weight excluding hydrogens is 285 g/mol. The summed E-state index contributed by atoms with van der Waals surface area (Å²) in [5.41, 5.74) is 0. The Morgan fingerprint density at radius 2 is 2.36 bits per heavy atom. The smallest absolute Gasteiger partial charge is 0.358 e. The van der Waals surface area contributed by atoms with Gasteiger partial charge in [0.15, 0.2) is 0 Å². The van der Waals surface area contributed by atoms with Crippen molar-refractivity contribution in [2.45, 2.75) is 0 Å². The van der Waals surface area contributed by atoms with Crippen molar-refractivity contribution in [3.8, 4) is 0 Å². The van der Waals surface area contributed by atoms with E-state index in [4.69, 9.17) is 0 Å². The first-order chi connectivity index (χ1) is 6.80. The van der Waals surface area contributed by atoms with Crippen LogP contribution in [0.2, 0.25) is 0 Å². The summed E-state index contributed by atoms with van der Waals surface area (Å²) in [4.78, 5) is 12.9. The molecule has 0 spiro atoms. The molecule has 2 rings (SSSR count). The molecule has 14 heavy (non-hydrogen) atoms. The predicted octanol–water partition coefficient (Wildman–Crippen LogP) is 0.515. The van der Waals surface area contributed by atoms with Crippen LogP contribution in [0, 0.1) is 10.1 Å². The Hall–Kier alpha value is -1.17. The van der Waals surface area contributed by atoms with E-state index in [-0.39, 0.29) is 28.5 Å². The quantitative estimate of drug-likeness (QED) is 0.605. The van der Waals surface area contributed by atoms with Crippen molar-refractivity contribution in [3.63, 3.8) is 0 Å². The van der Waals surface area contributed by atoms with Crippen molar-refractivity contribution in [1.82, 2.24) is 8.29 Å². The van der Waals surface area contributed by atoms with Crippen LogP contribution in [0.4, 0.5) is 5.82 Å². The molecule has 6 heteroatoms. The van der Waals surface area contributed by atoms with E-state index in [0.29, 0.717) is 0 Å². The second kappa shape index (κ2) is 6.31. The van der Waals surface area contributed by atoms with E-state index in [9.17, 15) is 10.1 Å². The first kappa shape index (κ1) is 10.9. The van der Waals surface area contributed by atoms with Crippen LogP contribution in [0.25, 0.3) is 0 Å². The number of nitrogens with one attached hydrogen (secondary N) is 1. The fourth-order valence-corrected chi connectivity index (χ4v) is 2.33. The van der Waals surface area contributed by atoms with Crippen molar-refractivity contribution in [2.24, 2.45) is 0 Å². The number of hydrogen-bond acceptors (Lipinski definition) is 4. The number of hydrogen-bond donors (Lipinski definition) is 1. The molecule has 0 unspecified atom stereocenters. The van der Waals surface area contributed by atoms with Crippen LogP contribution in [0.1, 0.15) is 0 Å². The fraction of sp³-hybridized carbons (Fsp3) is 0. The molecule has 0 aliphatic carbocycles. The number of pyridine rings is 1. The van der Waals surface area contributed by atoms with E-state index in [1.807, 2.05) is 6.20 Å². The third-order valence-electron chi connectivity index (χ3n) is 1.33. The van der Waals surface area contributed by atoms with Crippen LogP contribution in [0.5, 0.6) is 0 Å². The molecule has 0 aromatic carbocycles. The molecule has 0 fully saturated rings. The molecule has 1 aliphatic heterocycles. The van der Waals surface area contributed by atoms with E-state index < -0.39 is 4.92 Å². The summed E-state index contributed by atoms with van der Waals surface area (Å²) in [6.45, 7) is 0. The minimum atomic E-state index is -0.528. The molecule has 1 N–H and O–H groups in total. The predicted molar refractivity (Wildman–Crippen MR) is 55.0 cm³/mol. The van der Waals surface area contributed by atoms with Crippen molar-refractivity contribution >= 4 is 32.3 Å². The van der Waals surface area contributed by atoms with E-state index in [1.54, 1.807) is 12.1 Å². The van der Waals surface area contributed by atoms with Gasteiger partial charge in [0, 0.05) is 6.07 Å². The van der Waals surface area contributed by atoms with Gasteiger partial charge < -0.3 is 10.1 Å². The first-order valence-electron chi connectivity index (χ1n) is 3.94. The van der Waals surface area contributed by atoms with Crippen LogP contribution >= 0.6 is 0 Å². The molecule has 0 saturated carbocycles. The number of nitro groups is 1. The maximum absolute atomic E-state index is 9.94. The molecule has 2 heterocycles. The standard InChI is InChI=1S/C5H4N2O2.C3H4N.In/c8-7(9)5-3-1-2-4-6-5;1-2-3-4;/h1-4H;1-4H;/q;-1;+1. The summed E-state index contributed by atoms with van der Waals surface area (Å²) in [5, 5.41) is 9.94. The van der Waals surface area contributed by atoms with Crippen molar-refractivity contribution in [2.75, 3.05) is 0 Å². The largest absolute Gasteiger partial charge is 0.363 e. The average Bonchev–Trinajstić information content (AvgIpc) is 2.77. The number of rotatable bonds is 1. The van der Waals surface area contributed by atoms with Crippen LogP contribution < -0.4 is 3.30 Å². The van der Waals surface area contributed by atoms with Gasteiger partial charge in [-0.05, 0) is 16.0 Å². The molecule has 1 aromatic heterocycles.